The van der Waals surface area contributed by atoms with Gasteiger partial charge in [0.25, 0.3) is 0 Å². The molecule has 35 heavy (non-hydrogen) atoms. The van der Waals surface area contributed by atoms with Crippen LogP contribution in [0.1, 0.15) is 93.9 Å². The maximum Gasteiger partial charge on any atom is 0.230 e. The smallest absolute Gasteiger partial charge is 0.230 e. The molecule has 1 N–H and O–H groups in total. The lowest BCUT2D eigenvalue weighted by Gasteiger charge is -2.36. The van der Waals surface area contributed by atoms with Gasteiger partial charge in [-0.15, -0.1) is 0 Å². The molecular weight excluding hydrogens is 430 g/mol. The Morgan fingerprint density at radius 2 is 1.83 bits per heavy atom. The molecule has 182 valence electrons. The fourth-order valence-corrected chi connectivity index (χ4v) is 6.68. The molecule has 0 saturated heterocycles. The Morgan fingerprint density at radius 1 is 0.971 bits per heavy atom. The van der Waals surface area contributed by atoms with Gasteiger partial charge in [-0.25, -0.2) is 0 Å². The van der Waals surface area contributed by atoms with Gasteiger partial charge >= 0.3 is 0 Å². The third-order valence-electron chi connectivity index (χ3n) is 8.63. The zero-order valence-electron chi connectivity index (χ0n) is 20.8. The summed E-state index contributed by atoms with van der Waals surface area (Å²) in [6.45, 7) is 2.33. The van der Waals surface area contributed by atoms with Crippen molar-refractivity contribution in [3.05, 3.63) is 78.0 Å². The molecule has 4 atom stereocenters. The summed E-state index contributed by atoms with van der Waals surface area (Å²) in [7, 11) is 0. The summed E-state index contributed by atoms with van der Waals surface area (Å²) in [5.41, 5.74) is 2.54. The monoisotopic (exact) mass is 467 g/mol. The average molecular weight is 468 g/mol. The maximum atomic E-state index is 5.62. The minimum atomic E-state index is 0.352. The molecule has 3 aliphatic carbocycles. The average Bonchev–Trinajstić information content (AvgIpc) is 3.61. The molecule has 4 heteroatoms. The van der Waals surface area contributed by atoms with Gasteiger partial charge in [-0.3, -0.25) is 0 Å². The molecule has 3 aliphatic rings. The lowest BCUT2D eigenvalue weighted by Crippen LogP contribution is -2.37. The van der Waals surface area contributed by atoms with E-state index in [2.05, 4.69) is 78.1 Å². The Hall–Kier alpha value is -2.72. The quantitative estimate of drug-likeness (QED) is 0.403. The minimum absolute atomic E-state index is 0.352. The molecule has 0 bridgehead atoms. The van der Waals surface area contributed by atoms with Crippen LogP contribution >= 0.6 is 0 Å². The van der Waals surface area contributed by atoms with E-state index in [4.69, 9.17) is 9.51 Å². The zero-order chi connectivity index (χ0) is 23.6. The molecule has 2 fully saturated rings. The van der Waals surface area contributed by atoms with Gasteiger partial charge in [-0.1, -0.05) is 85.1 Å². The Bertz CT molecular complexity index is 1210. The van der Waals surface area contributed by atoms with Gasteiger partial charge in [-0.05, 0) is 73.6 Å². The number of nitrogens with one attached hydrogen (secondary N) is 1. The first-order chi connectivity index (χ1) is 17.2. The van der Waals surface area contributed by atoms with E-state index < -0.39 is 0 Å². The van der Waals surface area contributed by atoms with Crippen molar-refractivity contribution >= 4 is 16.3 Å². The Morgan fingerprint density at radius 3 is 2.69 bits per heavy atom. The van der Waals surface area contributed by atoms with Crippen molar-refractivity contribution in [2.45, 2.75) is 82.7 Å². The summed E-state index contributed by atoms with van der Waals surface area (Å²) >= 11 is 0. The van der Waals surface area contributed by atoms with Gasteiger partial charge in [0, 0.05) is 23.6 Å². The number of rotatable bonds is 6. The molecule has 0 spiro atoms. The van der Waals surface area contributed by atoms with Crippen LogP contribution in [0.4, 0.5) is 0 Å². The largest absolute Gasteiger partial charge is 0.339 e. The highest BCUT2D eigenvalue weighted by Gasteiger charge is 2.29. The van der Waals surface area contributed by atoms with Gasteiger partial charge in [0.15, 0.2) is 0 Å². The van der Waals surface area contributed by atoms with E-state index in [9.17, 15) is 0 Å². The number of nitrogens with zero attached hydrogens (tertiary/aromatic N) is 2. The van der Waals surface area contributed by atoms with E-state index in [0.29, 0.717) is 23.9 Å². The van der Waals surface area contributed by atoms with E-state index in [1.165, 1.54) is 67.7 Å². The third-order valence-corrected chi connectivity index (χ3v) is 8.63. The van der Waals surface area contributed by atoms with Crippen molar-refractivity contribution in [1.29, 1.82) is 0 Å². The number of aromatic nitrogens is 2. The summed E-state index contributed by atoms with van der Waals surface area (Å²) in [5.74, 6) is 3.43. The molecule has 1 aromatic heterocycles. The molecule has 2 saturated carbocycles. The maximum absolute atomic E-state index is 5.62. The van der Waals surface area contributed by atoms with Crippen LogP contribution in [0, 0.1) is 11.8 Å². The Labute approximate surface area is 208 Å². The number of hydrogen-bond acceptors (Lipinski definition) is 4. The summed E-state index contributed by atoms with van der Waals surface area (Å²) in [5, 5.41) is 11.0. The predicted octanol–water partition coefficient (Wildman–Crippen LogP) is 7.75. The molecular formula is C31H37N3O. The first kappa shape index (κ1) is 22.7. The summed E-state index contributed by atoms with van der Waals surface area (Å²) in [4.78, 5) is 4.74. The minimum Gasteiger partial charge on any atom is -0.339 e. The van der Waals surface area contributed by atoms with Crippen molar-refractivity contribution in [3.8, 4) is 0 Å². The van der Waals surface area contributed by atoms with Crippen molar-refractivity contribution in [2.24, 2.45) is 11.8 Å². The third kappa shape index (κ3) is 4.86. The van der Waals surface area contributed by atoms with E-state index in [-0.39, 0.29) is 0 Å². The van der Waals surface area contributed by atoms with Crippen LogP contribution in [0.5, 0.6) is 0 Å². The summed E-state index contributed by atoms with van der Waals surface area (Å²) < 4.78 is 5.62. The summed E-state index contributed by atoms with van der Waals surface area (Å²) in [6, 6.07) is 16.4. The van der Waals surface area contributed by atoms with Crippen LogP contribution in [0.15, 0.2) is 65.2 Å². The van der Waals surface area contributed by atoms with Crippen LogP contribution in [-0.4, -0.2) is 16.2 Å². The normalized spacial score (nSPS) is 26.2. The fraction of sp³-hybridized carbons (Fsp3) is 0.484. The van der Waals surface area contributed by atoms with Crippen LogP contribution in [0.25, 0.3) is 16.3 Å². The number of fused-ring (bicyclic) bond motifs is 1. The van der Waals surface area contributed by atoms with Crippen molar-refractivity contribution in [2.75, 3.05) is 0 Å². The highest BCUT2D eigenvalue weighted by Crippen LogP contribution is 2.38. The predicted molar refractivity (Wildman–Crippen MR) is 142 cm³/mol. The number of allylic oxidation sites excluding steroid dienone is 4. The fourth-order valence-electron chi connectivity index (χ4n) is 6.68. The van der Waals surface area contributed by atoms with E-state index in [1.54, 1.807) is 0 Å². The van der Waals surface area contributed by atoms with Crippen LogP contribution in [-0.2, 0) is 0 Å². The Balaban J connectivity index is 1.07. The molecule has 1 unspecified atom stereocenters. The highest BCUT2D eigenvalue weighted by atomic mass is 16.5. The second-order valence-electron chi connectivity index (χ2n) is 10.9. The molecule has 4 nitrogen and oxygen atoms in total. The first-order valence-corrected chi connectivity index (χ1v) is 13.7. The lowest BCUT2D eigenvalue weighted by molar-refractivity contribution is 0.228. The van der Waals surface area contributed by atoms with Gasteiger partial charge in [0.2, 0.25) is 11.7 Å². The van der Waals surface area contributed by atoms with Crippen LogP contribution in [0.3, 0.4) is 0 Å². The van der Waals surface area contributed by atoms with Crippen molar-refractivity contribution in [3.63, 3.8) is 0 Å². The van der Waals surface area contributed by atoms with Gasteiger partial charge in [-0.2, -0.15) is 4.98 Å². The number of benzene rings is 2. The number of hydrogen-bond donors (Lipinski definition) is 1. The van der Waals surface area contributed by atoms with E-state index in [0.717, 1.165) is 29.6 Å². The molecule has 0 radical (unpaired) electrons. The standard InChI is InChI=1S/C31H37N3O/c1-21(28-15-7-11-23-8-4-5-14-29(23)28)32-27-13-6-12-26(20-27)22-16-18-24(19-17-22)30-33-31(35-34-30)25-9-2-3-10-25/h4-5,7-8,11,14-16,18-19,21-22,25-27,32H,2-3,6,9-10,12-13,17,20H2,1H3/t21-,22?,26+,27+/m1/s1. The molecule has 0 amide bonds. The Kier molecular flexibility index (Phi) is 6.56. The van der Waals surface area contributed by atoms with Crippen LogP contribution in [0.2, 0.25) is 0 Å². The molecule has 0 aliphatic heterocycles. The second kappa shape index (κ2) is 10.1. The van der Waals surface area contributed by atoms with Gasteiger partial charge < -0.3 is 9.84 Å². The van der Waals surface area contributed by atoms with E-state index >= 15 is 0 Å². The zero-order valence-corrected chi connectivity index (χ0v) is 20.8. The molecule has 3 aromatic rings. The molecule has 1 heterocycles. The van der Waals surface area contributed by atoms with E-state index in [1.807, 2.05) is 0 Å². The SMILES string of the molecule is C[C@@H](N[C@H]1CCC[C@H](C2C=CC(c3noc(C4CCCC4)n3)=CC2)C1)c1cccc2ccccc12. The van der Waals surface area contributed by atoms with Gasteiger partial charge in [0.05, 0.1) is 0 Å². The second-order valence-corrected chi connectivity index (χ2v) is 10.9. The van der Waals surface area contributed by atoms with Crippen LogP contribution < -0.4 is 5.32 Å². The highest BCUT2D eigenvalue weighted by molar-refractivity contribution is 5.86. The topological polar surface area (TPSA) is 51.0 Å². The van der Waals surface area contributed by atoms with Crippen molar-refractivity contribution < 1.29 is 4.52 Å². The molecule has 6 rings (SSSR count). The van der Waals surface area contributed by atoms with Crippen molar-refractivity contribution in [1.82, 2.24) is 15.5 Å². The first-order valence-electron chi connectivity index (χ1n) is 13.7. The summed E-state index contributed by atoms with van der Waals surface area (Å²) in [6.07, 6.45) is 18.2. The molecule has 2 aromatic carbocycles. The van der Waals surface area contributed by atoms with Gasteiger partial charge in [0.1, 0.15) is 0 Å². The lowest BCUT2D eigenvalue weighted by atomic mass is 9.74.